The van der Waals surface area contributed by atoms with E-state index in [-0.39, 0.29) is 4.90 Å². The minimum absolute atomic E-state index is 0.282. The summed E-state index contributed by atoms with van der Waals surface area (Å²) in [6.07, 6.45) is -4.51. The Morgan fingerprint density at radius 1 is 1.28 bits per heavy atom. The molecule has 0 aliphatic carbocycles. The summed E-state index contributed by atoms with van der Waals surface area (Å²) >= 11 is 0. The van der Waals surface area contributed by atoms with Gasteiger partial charge in [0.05, 0.1) is 17.1 Å². The summed E-state index contributed by atoms with van der Waals surface area (Å²) in [5.74, 6) is 0. The van der Waals surface area contributed by atoms with Gasteiger partial charge in [-0.05, 0) is 31.2 Å². The summed E-state index contributed by atoms with van der Waals surface area (Å²) in [5, 5.41) is 8.72. The first-order valence-corrected chi connectivity index (χ1v) is 6.45. The van der Waals surface area contributed by atoms with Crippen molar-refractivity contribution in [2.75, 3.05) is 6.61 Å². The number of hydrogen-bond donors (Lipinski definition) is 2. The lowest BCUT2D eigenvalue weighted by Gasteiger charge is -2.12. The van der Waals surface area contributed by atoms with Crippen LogP contribution in [0.5, 0.6) is 0 Å². The van der Waals surface area contributed by atoms with E-state index in [1.54, 1.807) is 0 Å². The molecule has 0 radical (unpaired) electrons. The van der Waals surface area contributed by atoms with Gasteiger partial charge in [0, 0.05) is 6.04 Å². The van der Waals surface area contributed by atoms with E-state index in [1.807, 2.05) is 0 Å². The van der Waals surface area contributed by atoms with Crippen LogP contribution in [-0.4, -0.2) is 26.2 Å². The summed E-state index contributed by atoms with van der Waals surface area (Å²) in [7, 11) is -3.91. The third-order valence-corrected chi connectivity index (χ3v) is 3.73. The molecule has 0 unspecified atom stereocenters. The fourth-order valence-corrected chi connectivity index (χ4v) is 2.43. The first-order chi connectivity index (χ1) is 8.16. The first-order valence-electron chi connectivity index (χ1n) is 4.97. The second-order valence-corrected chi connectivity index (χ2v) is 5.44. The second-order valence-electron chi connectivity index (χ2n) is 3.73. The van der Waals surface area contributed by atoms with Crippen molar-refractivity contribution in [2.24, 2.45) is 0 Å². The predicted octanol–water partition coefficient (Wildman–Crippen LogP) is 1.36. The van der Waals surface area contributed by atoms with E-state index < -0.39 is 34.4 Å². The number of halogens is 3. The highest BCUT2D eigenvalue weighted by atomic mass is 32.2. The van der Waals surface area contributed by atoms with Gasteiger partial charge in [-0.15, -0.1) is 0 Å². The summed E-state index contributed by atoms with van der Waals surface area (Å²) in [6.45, 7) is 1.03. The fraction of sp³-hybridized carbons (Fsp3) is 0.400. The van der Waals surface area contributed by atoms with Gasteiger partial charge >= 0.3 is 6.18 Å². The van der Waals surface area contributed by atoms with Gasteiger partial charge in [0.2, 0.25) is 10.0 Å². The number of sulfonamides is 1. The van der Waals surface area contributed by atoms with Crippen molar-refractivity contribution in [3.05, 3.63) is 29.8 Å². The lowest BCUT2D eigenvalue weighted by Crippen LogP contribution is -2.35. The van der Waals surface area contributed by atoms with E-state index in [4.69, 9.17) is 5.11 Å². The van der Waals surface area contributed by atoms with E-state index >= 15 is 0 Å². The number of rotatable bonds is 4. The maximum atomic E-state index is 12.3. The minimum Gasteiger partial charge on any atom is -0.395 e. The number of aliphatic hydroxyl groups is 1. The second kappa shape index (κ2) is 5.25. The molecule has 0 aliphatic rings. The Bertz CT molecular complexity index is 496. The van der Waals surface area contributed by atoms with Gasteiger partial charge in [-0.2, -0.15) is 13.2 Å². The Morgan fingerprint density at radius 3 is 2.17 bits per heavy atom. The molecule has 0 aliphatic heterocycles. The van der Waals surface area contributed by atoms with Gasteiger partial charge < -0.3 is 5.11 Å². The van der Waals surface area contributed by atoms with Gasteiger partial charge in [-0.3, -0.25) is 0 Å². The number of nitrogens with one attached hydrogen (secondary N) is 1. The Kier molecular flexibility index (Phi) is 4.36. The van der Waals surface area contributed by atoms with E-state index in [0.717, 1.165) is 12.1 Å². The fourth-order valence-electron chi connectivity index (χ4n) is 1.19. The van der Waals surface area contributed by atoms with Crippen LogP contribution in [0.15, 0.2) is 29.2 Å². The molecule has 1 atom stereocenters. The van der Waals surface area contributed by atoms with Crippen molar-refractivity contribution < 1.29 is 26.7 Å². The summed E-state index contributed by atoms with van der Waals surface area (Å²) in [5.41, 5.74) is -0.920. The maximum Gasteiger partial charge on any atom is 0.416 e. The normalized spacial score (nSPS) is 14.5. The molecule has 18 heavy (non-hydrogen) atoms. The van der Waals surface area contributed by atoms with Crippen molar-refractivity contribution in [3.63, 3.8) is 0 Å². The quantitative estimate of drug-likeness (QED) is 0.877. The molecule has 1 rings (SSSR count). The monoisotopic (exact) mass is 283 g/mol. The van der Waals surface area contributed by atoms with E-state index in [0.29, 0.717) is 12.1 Å². The molecule has 1 aromatic carbocycles. The zero-order chi connectivity index (χ0) is 14.0. The molecule has 0 saturated carbocycles. The molecule has 0 fully saturated rings. The van der Waals surface area contributed by atoms with Crippen molar-refractivity contribution >= 4 is 10.0 Å². The van der Waals surface area contributed by atoms with Crippen molar-refractivity contribution in [2.45, 2.75) is 24.0 Å². The zero-order valence-corrected chi connectivity index (χ0v) is 10.2. The molecular formula is C10H12F3NO3S. The van der Waals surface area contributed by atoms with Crippen LogP contribution in [0.25, 0.3) is 0 Å². The molecule has 0 aromatic heterocycles. The molecule has 102 valence electrons. The molecule has 8 heteroatoms. The van der Waals surface area contributed by atoms with Crippen LogP contribution in [0, 0.1) is 0 Å². The summed E-state index contributed by atoms with van der Waals surface area (Å²) < 4.78 is 62.3. The smallest absolute Gasteiger partial charge is 0.395 e. The number of alkyl halides is 3. The molecule has 0 spiro atoms. The molecular weight excluding hydrogens is 271 g/mol. The van der Waals surface area contributed by atoms with Gasteiger partial charge in [0.1, 0.15) is 0 Å². The highest BCUT2D eigenvalue weighted by Crippen LogP contribution is 2.29. The van der Waals surface area contributed by atoms with Gasteiger partial charge in [0.15, 0.2) is 0 Å². The van der Waals surface area contributed by atoms with Crippen molar-refractivity contribution in [3.8, 4) is 0 Å². The van der Waals surface area contributed by atoms with E-state index in [2.05, 4.69) is 4.72 Å². The van der Waals surface area contributed by atoms with Crippen LogP contribution in [-0.2, 0) is 16.2 Å². The minimum atomic E-state index is -4.51. The lowest BCUT2D eigenvalue weighted by atomic mass is 10.2. The van der Waals surface area contributed by atoms with Crippen LogP contribution in [0.3, 0.4) is 0 Å². The molecule has 0 heterocycles. The number of hydrogen-bond acceptors (Lipinski definition) is 3. The molecule has 0 saturated heterocycles. The van der Waals surface area contributed by atoms with E-state index in [1.165, 1.54) is 6.92 Å². The largest absolute Gasteiger partial charge is 0.416 e. The number of aliphatic hydroxyl groups excluding tert-OH is 1. The average molecular weight is 283 g/mol. The highest BCUT2D eigenvalue weighted by molar-refractivity contribution is 7.89. The molecule has 4 nitrogen and oxygen atoms in total. The standard InChI is InChI=1S/C10H12F3NO3S/c1-7(6-15)14-18(16,17)9-4-2-8(3-5-9)10(11,12)13/h2-5,7,14-15H,6H2,1H3/t7-/m0/s1. The first kappa shape index (κ1) is 14.9. The Hall–Kier alpha value is -1.12. The third-order valence-electron chi connectivity index (χ3n) is 2.12. The highest BCUT2D eigenvalue weighted by Gasteiger charge is 2.30. The van der Waals surface area contributed by atoms with Gasteiger partial charge in [0.25, 0.3) is 0 Å². The van der Waals surface area contributed by atoms with Crippen molar-refractivity contribution in [1.82, 2.24) is 4.72 Å². The summed E-state index contributed by atoms with van der Waals surface area (Å²) in [4.78, 5) is -0.282. The van der Waals surface area contributed by atoms with Crippen LogP contribution in [0.1, 0.15) is 12.5 Å². The lowest BCUT2D eigenvalue weighted by molar-refractivity contribution is -0.137. The summed E-state index contributed by atoms with van der Waals surface area (Å²) in [6, 6.07) is 2.42. The predicted molar refractivity (Wildman–Crippen MR) is 58.3 cm³/mol. The number of benzene rings is 1. The molecule has 1 aromatic rings. The molecule has 2 N–H and O–H groups in total. The van der Waals surface area contributed by atoms with Crippen LogP contribution in [0.4, 0.5) is 13.2 Å². The van der Waals surface area contributed by atoms with Gasteiger partial charge in [-0.25, -0.2) is 13.1 Å². The topological polar surface area (TPSA) is 66.4 Å². The third kappa shape index (κ3) is 3.69. The Morgan fingerprint density at radius 2 is 1.78 bits per heavy atom. The van der Waals surface area contributed by atoms with Crippen LogP contribution < -0.4 is 4.72 Å². The SMILES string of the molecule is C[C@@H](CO)NS(=O)(=O)c1ccc(C(F)(F)F)cc1. The molecule has 0 amide bonds. The zero-order valence-electron chi connectivity index (χ0n) is 9.40. The van der Waals surface area contributed by atoms with Crippen LogP contribution in [0.2, 0.25) is 0 Å². The Balaban J connectivity index is 2.98. The van der Waals surface area contributed by atoms with E-state index in [9.17, 15) is 21.6 Å². The van der Waals surface area contributed by atoms with Gasteiger partial charge in [-0.1, -0.05) is 0 Å². The maximum absolute atomic E-state index is 12.3. The molecule has 0 bridgehead atoms. The van der Waals surface area contributed by atoms with Crippen LogP contribution >= 0.6 is 0 Å². The van der Waals surface area contributed by atoms with Crippen molar-refractivity contribution in [1.29, 1.82) is 0 Å². The Labute approximate surface area is 102 Å². The average Bonchev–Trinajstić information content (AvgIpc) is 2.27.